The third kappa shape index (κ3) is 4.18. The number of carbonyl (C=O) groups is 1. The summed E-state index contributed by atoms with van der Waals surface area (Å²) in [6.45, 7) is 12.9. The normalized spacial score (nSPS) is 19.2. The Hall–Kier alpha value is -1.71. The molecule has 0 spiro atoms. The average molecular weight is 318 g/mol. The van der Waals surface area contributed by atoms with Crippen molar-refractivity contribution in [3.8, 4) is 0 Å². The minimum atomic E-state index is -0.324. The molecule has 2 rings (SSSR count). The van der Waals surface area contributed by atoms with Crippen LogP contribution in [0.2, 0.25) is 0 Å². The highest BCUT2D eigenvalue weighted by Gasteiger charge is 2.35. The molecule has 1 N–H and O–H groups in total. The lowest BCUT2D eigenvalue weighted by Crippen LogP contribution is -2.49. The molecular formula is C19H30N2O2. The van der Waals surface area contributed by atoms with E-state index in [1.807, 2.05) is 6.92 Å². The maximum Gasteiger partial charge on any atom is 0.407 e. The maximum atomic E-state index is 11.4. The fourth-order valence-corrected chi connectivity index (χ4v) is 3.63. The van der Waals surface area contributed by atoms with Crippen LogP contribution in [0.25, 0.3) is 0 Å². The first kappa shape index (κ1) is 17.6. The van der Waals surface area contributed by atoms with Gasteiger partial charge in [0, 0.05) is 24.3 Å². The standard InChI is InChI=1S/C19H30N2O2/c1-6-23-18(22)20-10-7-11-21-17-12-14(2)8-9-16(17)15(3)13-19(21,4)5/h8-9,12,15H,6-7,10-11,13H2,1-5H3,(H,20,22). The smallest absolute Gasteiger partial charge is 0.407 e. The summed E-state index contributed by atoms with van der Waals surface area (Å²) in [5.41, 5.74) is 4.21. The van der Waals surface area contributed by atoms with Crippen molar-refractivity contribution < 1.29 is 9.53 Å². The number of aryl methyl sites for hydroxylation is 1. The van der Waals surface area contributed by atoms with Crippen molar-refractivity contribution in [1.82, 2.24) is 5.32 Å². The largest absolute Gasteiger partial charge is 0.450 e. The van der Waals surface area contributed by atoms with Crippen LogP contribution < -0.4 is 10.2 Å². The molecule has 1 amide bonds. The second kappa shape index (κ2) is 7.24. The van der Waals surface area contributed by atoms with Crippen molar-refractivity contribution >= 4 is 11.8 Å². The van der Waals surface area contributed by atoms with Crippen LogP contribution >= 0.6 is 0 Å². The number of fused-ring (bicyclic) bond motifs is 1. The molecule has 0 radical (unpaired) electrons. The first-order valence-corrected chi connectivity index (χ1v) is 8.64. The van der Waals surface area contributed by atoms with Gasteiger partial charge in [-0.3, -0.25) is 0 Å². The van der Waals surface area contributed by atoms with Crippen molar-refractivity contribution in [1.29, 1.82) is 0 Å². The van der Waals surface area contributed by atoms with Gasteiger partial charge in [0.2, 0.25) is 0 Å². The molecule has 0 aromatic heterocycles. The van der Waals surface area contributed by atoms with Crippen LogP contribution in [-0.2, 0) is 4.74 Å². The number of alkyl carbamates (subject to hydrolysis) is 1. The van der Waals surface area contributed by atoms with Crippen LogP contribution in [0.4, 0.5) is 10.5 Å². The second-order valence-corrected chi connectivity index (χ2v) is 7.13. The molecule has 0 bridgehead atoms. The number of benzene rings is 1. The number of amides is 1. The zero-order chi connectivity index (χ0) is 17.0. The number of carbonyl (C=O) groups excluding carboxylic acids is 1. The van der Waals surface area contributed by atoms with E-state index in [9.17, 15) is 4.79 Å². The van der Waals surface area contributed by atoms with E-state index in [-0.39, 0.29) is 11.6 Å². The van der Waals surface area contributed by atoms with Crippen LogP contribution in [-0.4, -0.2) is 31.3 Å². The van der Waals surface area contributed by atoms with Crippen LogP contribution in [0.3, 0.4) is 0 Å². The summed E-state index contributed by atoms with van der Waals surface area (Å²) in [4.78, 5) is 13.9. The van der Waals surface area contributed by atoms with Gasteiger partial charge in [0.15, 0.2) is 0 Å². The van der Waals surface area contributed by atoms with Crippen LogP contribution in [0.5, 0.6) is 0 Å². The number of rotatable bonds is 5. The van der Waals surface area contributed by atoms with Crippen LogP contribution in [0.15, 0.2) is 18.2 Å². The molecule has 4 nitrogen and oxygen atoms in total. The number of ether oxygens (including phenoxy) is 1. The van der Waals surface area contributed by atoms with Gasteiger partial charge < -0.3 is 15.0 Å². The van der Waals surface area contributed by atoms with Crippen LogP contribution in [0.1, 0.15) is 57.6 Å². The van der Waals surface area contributed by atoms with E-state index in [0.717, 1.165) is 19.4 Å². The zero-order valence-corrected chi connectivity index (χ0v) is 15.1. The number of nitrogens with zero attached hydrogens (tertiary/aromatic N) is 1. The molecule has 1 aliphatic rings. The van der Waals surface area contributed by atoms with Gasteiger partial charge in [-0.15, -0.1) is 0 Å². The van der Waals surface area contributed by atoms with Crippen molar-refractivity contribution in [2.45, 2.75) is 58.9 Å². The van der Waals surface area contributed by atoms with E-state index in [4.69, 9.17) is 4.74 Å². The van der Waals surface area contributed by atoms with Crippen molar-refractivity contribution in [2.75, 3.05) is 24.6 Å². The Bertz CT molecular complexity index is 554. The highest BCUT2D eigenvalue weighted by Crippen LogP contribution is 2.43. The lowest BCUT2D eigenvalue weighted by molar-refractivity contribution is 0.152. The molecule has 4 heteroatoms. The summed E-state index contributed by atoms with van der Waals surface area (Å²) in [5.74, 6) is 0.578. The first-order chi connectivity index (χ1) is 10.8. The average Bonchev–Trinajstić information content (AvgIpc) is 2.45. The molecule has 0 aliphatic carbocycles. The predicted molar refractivity (Wildman–Crippen MR) is 95.3 cm³/mol. The fraction of sp³-hybridized carbons (Fsp3) is 0.632. The SMILES string of the molecule is CCOC(=O)NCCCN1c2cc(C)ccc2C(C)CC1(C)C. The lowest BCUT2D eigenvalue weighted by Gasteiger charge is -2.48. The summed E-state index contributed by atoms with van der Waals surface area (Å²) in [6.07, 6.45) is 1.73. The van der Waals surface area contributed by atoms with E-state index in [1.54, 1.807) is 0 Å². The van der Waals surface area contributed by atoms with Crippen molar-refractivity contribution in [2.24, 2.45) is 0 Å². The van der Waals surface area contributed by atoms with Gasteiger partial charge >= 0.3 is 6.09 Å². The van der Waals surface area contributed by atoms with E-state index >= 15 is 0 Å². The van der Waals surface area contributed by atoms with Gasteiger partial charge in [-0.25, -0.2) is 4.79 Å². The minimum Gasteiger partial charge on any atom is -0.450 e. The Labute approximate surface area is 140 Å². The highest BCUT2D eigenvalue weighted by molar-refractivity contribution is 5.67. The molecule has 1 unspecified atom stereocenters. The molecule has 0 saturated heterocycles. The predicted octanol–water partition coefficient (Wildman–Crippen LogP) is 4.22. The molecule has 1 aromatic carbocycles. The van der Waals surface area contributed by atoms with Gasteiger partial charge in [0.25, 0.3) is 0 Å². The topological polar surface area (TPSA) is 41.6 Å². The summed E-state index contributed by atoms with van der Waals surface area (Å²) in [7, 11) is 0. The summed E-state index contributed by atoms with van der Waals surface area (Å²) in [6, 6.07) is 6.77. The molecular weight excluding hydrogens is 288 g/mol. The van der Waals surface area contributed by atoms with Crippen LogP contribution in [0, 0.1) is 6.92 Å². The van der Waals surface area contributed by atoms with Gasteiger partial charge in [0.05, 0.1) is 6.61 Å². The van der Waals surface area contributed by atoms with Crippen molar-refractivity contribution in [3.63, 3.8) is 0 Å². The quantitative estimate of drug-likeness (QED) is 0.826. The Morgan fingerprint density at radius 1 is 1.43 bits per heavy atom. The summed E-state index contributed by atoms with van der Waals surface area (Å²) < 4.78 is 4.90. The van der Waals surface area contributed by atoms with E-state index in [2.05, 4.69) is 56.1 Å². The Kier molecular flexibility index (Phi) is 5.55. The third-order valence-corrected chi connectivity index (χ3v) is 4.65. The second-order valence-electron chi connectivity index (χ2n) is 7.13. The molecule has 128 valence electrons. The summed E-state index contributed by atoms with van der Waals surface area (Å²) in [5, 5.41) is 2.81. The molecule has 1 atom stereocenters. The molecule has 1 aromatic rings. The fourth-order valence-electron chi connectivity index (χ4n) is 3.63. The minimum absolute atomic E-state index is 0.129. The lowest BCUT2D eigenvalue weighted by atomic mass is 9.79. The van der Waals surface area contributed by atoms with Crippen molar-refractivity contribution in [3.05, 3.63) is 29.3 Å². The first-order valence-electron chi connectivity index (χ1n) is 8.64. The molecule has 0 saturated carbocycles. The monoisotopic (exact) mass is 318 g/mol. The highest BCUT2D eigenvalue weighted by atomic mass is 16.5. The summed E-state index contributed by atoms with van der Waals surface area (Å²) >= 11 is 0. The van der Waals surface area contributed by atoms with E-state index in [0.29, 0.717) is 19.1 Å². The van der Waals surface area contributed by atoms with Gasteiger partial charge in [0.1, 0.15) is 0 Å². The van der Waals surface area contributed by atoms with Gasteiger partial charge in [-0.2, -0.15) is 0 Å². The number of hydrogen-bond acceptors (Lipinski definition) is 3. The number of hydrogen-bond donors (Lipinski definition) is 1. The zero-order valence-electron chi connectivity index (χ0n) is 15.1. The Morgan fingerprint density at radius 2 is 2.17 bits per heavy atom. The molecule has 0 fully saturated rings. The maximum absolute atomic E-state index is 11.4. The van der Waals surface area contributed by atoms with E-state index < -0.39 is 0 Å². The third-order valence-electron chi connectivity index (χ3n) is 4.65. The van der Waals surface area contributed by atoms with E-state index in [1.165, 1.54) is 16.8 Å². The number of anilines is 1. The van der Waals surface area contributed by atoms with Gasteiger partial charge in [-0.1, -0.05) is 19.1 Å². The Morgan fingerprint density at radius 3 is 2.87 bits per heavy atom. The number of nitrogens with one attached hydrogen (secondary N) is 1. The Balaban J connectivity index is 2.06. The van der Waals surface area contributed by atoms with Gasteiger partial charge in [-0.05, 0) is 63.6 Å². The molecule has 1 aliphatic heterocycles. The molecule has 23 heavy (non-hydrogen) atoms. The molecule has 1 heterocycles.